The molecule has 15 heavy (non-hydrogen) atoms. The second kappa shape index (κ2) is 3.70. The molecule has 76 valence electrons. The van der Waals surface area contributed by atoms with Crippen molar-refractivity contribution in [1.82, 2.24) is 4.57 Å². The number of hydrogen-bond donors (Lipinski definition) is 1. The molecule has 1 N–H and O–H groups in total. The summed E-state index contributed by atoms with van der Waals surface area (Å²) in [7, 11) is 0. The maximum absolute atomic E-state index is 11.5. The molecule has 2 aromatic heterocycles. The molecule has 0 aromatic carbocycles. The van der Waals surface area contributed by atoms with Crippen LogP contribution in [0.5, 0.6) is 0 Å². The number of nitrogens with zero attached hydrogens (tertiary/aromatic N) is 1. The number of aromatic nitrogens is 1. The van der Waals surface area contributed by atoms with Gasteiger partial charge in [-0.1, -0.05) is 0 Å². The first-order chi connectivity index (χ1) is 7.18. The molecule has 2 aromatic rings. The van der Waals surface area contributed by atoms with Crippen molar-refractivity contribution in [3.63, 3.8) is 0 Å². The van der Waals surface area contributed by atoms with Crippen LogP contribution in [-0.4, -0.2) is 15.6 Å². The van der Waals surface area contributed by atoms with Crippen LogP contribution < -0.4 is 5.56 Å². The van der Waals surface area contributed by atoms with E-state index in [-0.39, 0.29) is 11.1 Å². The Labute approximate surface area is 89.0 Å². The maximum Gasteiger partial charge on any atom is 0.337 e. The summed E-state index contributed by atoms with van der Waals surface area (Å²) in [5.74, 6) is -1.04. The molecule has 0 spiro atoms. The average Bonchev–Trinajstić information content (AvgIpc) is 2.71. The number of hydrogen-bond acceptors (Lipinski definition) is 3. The van der Waals surface area contributed by atoms with E-state index in [1.807, 2.05) is 5.38 Å². The van der Waals surface area contributed by atoms with Crippen molar-refractivity contribution in [1.29, 1.82) is 0 Å². The van der Waals surface area contributed by atoms with Crippen LogP contribution in [0.1, 0.15) is 10.4 Å². The van der Waals surface area contributed by atoms with Crippen molar-refractivity contribution in [2.75, 3.05) is 0 Å². The molecular formula is C10H7NO3S. The third-order valence-electron chi connectivity index (χ3n) is 1.94. The molecule has 0 aliphatic carbocycles. The van der Waals surface area contributed by atoms with E-state index in [1.54, 1.807) is 11.4 Å². The molecule has 0 saturated heterocycles. The number of thiophene rings is 1. The third-order valence-corrected chi connectivity index (χ3v) is 2.61. The molecule has 4 nitrogen and oxygen atoms in total. The SMILES string of the molecule is O=C(O)c1ccc(=O)n(-c2ccsc2)c1. The number of carboxylic acid groups (broad SMARTS) is 1. The Bertz CT molecular complexity index is 542. The molecule has 0 amide bonds. The normalized spacial score (nSPS) is 10.1. The summed E-state index contributed by atoms with van der Waals surface area (Å²) in [6, 6.07) is 4.31. The molecule has 2 heterocycles. The molecule has 0 saturated carbocycles. The predicted molar refractivity (Wildman–Crippen MR) is 56.9 cm³/mol. The molecule has 0 aliphatic rings. The largest absolute Gasteiger partial charge is 0.478 e. The number of carbonyl (C=O) groups is 1. The molecule has 0 atom stereocenters. The van der Waals surface area contributed by atoms with Gasteiger partial charge in [-0.15, -0.1) is 0 Å². The lowest BCUT2D eigenvalue weighted by molar-refractivity contribution is 0.0696. The van der Waals surface area contributed by atoms with E-state index < -0.39 is 5.97 Å². The fraction of sp³-hybridized carbons (Fsp3) is 0. The Kier molecular flexibility index (Phi) is 2.39. The Morgan fingerprint density at radius 2 is 2.13 bits per heavy atom. The van der Waals surface area contributed by atoms with E-state index in [0.29, 0.717) is 5.69 Å². The van der Waals surface area contributed by atoms with Crippen molar-refractivity contribution in [2.24, 2.45) is 0 Å². The van der Waals surface area contributed by atoms with E-state index in [9.17, 15) is 9.59 Å². The average molecular weight is 221 g/mol. The van der Waals surface area contributed by atoms with Crippen LogP contribution in [0, 0.1) is 0 Å². The minimum absolute atomic E-state index is 0.0980. The van der Waals surface area contributed by atoms with E-state index in [1.165, 1.54) is 34.2 Å². The summed E-state index contributed by atoms with van der Waals surface area (Å²) in [5.41, 5.74) is 0.548. The summed E-state index contributed by atoms with van der Waals surface area (Å²) in [6.45, 7) is 0. The highest BCUT2D eigenvalue weighted by Gasteiger charge is 2.06. The predicted octanol–water partition coefficient (Wildman–Crippen LogP) is 1.60. The van der Waals surface area contributed by atoms with Crippen molar-refractivity contribution in [3.05, 3.63) is 51.1 Å². The molecule has 0 radical (unpaired) electrons. The molecule has 0 unspecified atom stereocenters. The zero-order chi connectivity index (χ0) is 10.8. The fourth-order valence-electron chi connectivity index (χ4n) is 1.21. The molecule has 5 heteroatoms. The van der Waals surface area contributed by atoms with Crippen molar-refractivity contribution in [3.8, 4) is 5.69 Å². The number of carboxylic acids is 1. The first-order valence-electron chi connectivity index (χ1n) is 4.17. The maximum atomic E-state index is 11.5. The Morgan fingerprint density at radius 1 is 1.33 bits per heavy atom. The summed E-state index contributed by atoms with van der Waals surface area (Å²) < 4.78 is 1.32. The van der Waals surface area contributed by atoms with Gasteiger partial charge in [0.2, 0.25) is 0 Å². The smallest absolute Gasteiger partial charge is 0.337 e. The lowest BCUT2D eigenvalue weighted by atomic mass is 10.3. The minimum Gasteiger partial charge on any atom is -0.478 e. The number of pyridine rings is 1. The third kappa shape index (κ3) is 1.82. The van der Waals surface area contributed by atoms with Gasteiger partial charge in [0.25, 0.3) is 5.56 Å². The first kappa shape index (κ1) is 9.67. The minimum atomic E-state index is -1.04. The zero-order valence-electron chi connectivity index (χ0n) is 7.58. The summed E-state index contributed by atoms with van der Waals surface area (Å²) >= 11 is 1.45. The van der Waals surface area contributed by atoms with Crippen molar-refractivity contribution in [2.45, 2.75) is 0 Å². The van der Waals surface area contributed by atoms with Crippen LogP contribution in [0.15, 0.2) is 40.0 Å². The molecule has 2 rings (SSSR count). The summed E-state index contributed by atoms with van der Waals surface area (Å²) in [4.78, 5) is 22.2. The molecular weight excluding hydrogens is 214 g/mol. The van der Waals surface area contributed by atoms with Gasteiger partial charge < -0.3 is 5.11 Å². The van der Waals surface area contributed by atoms with Gasteiger partial charge in [0.15, 0.2) is 0 Å². The van der Waals surface area contributed by atoms with Crippen LogP contribution in [0.2, 0.25) is 0 Å². The lowest BCUT2D eigenvalue weighted by Gasteiger charge is -2.02. The van der Waals surface area contributed by atoms with Crippen LogP contribution in [0.25, 0.3) is 5.69 Å². The second-order valence-electron chi connectivity index (χ2n) is 2.91. The summed E-state index contributed by atoms with van der Waals surface area (Å²) in [5, 5.41) is 12.4. The number of rotatable bonds is 2. The highest BCUT2D eigenvalue weighted by atomic mass is 32.1. The van der Waals surface area contributed by atoms with E-state index in [4.69, 9.17) is 5.11 Å². The molecule has 0 fully saturated rings. The number of aromatic carboxylic acids is 1. The fourth-order valence-corrected chi connectivity index (χ4v) is 1.84. The van der Waals surface area contributed by atoms with Gasteiger partial charge in [-0.05, 0) is 17.5 Å². The highest BCUT2D eigenvalue weighted by molar-refractivity contribution is 7.08. The monoisotopic (exact) mass is 221 g/mol. The quantitative estimate of drug-likeness (QED) is 0.837. The Hall–Kier alpha value is -1.88. The molecule has 0 aliphatic heterocycles. The first-order valence-corrected chi connectivity index (χ1v) is 5.11. The van der Waals surface area contributed by atoms with Crippen LogP contribution in [-0.2, 0) is 0 Å². The van der Waals surface area contributed by atoms with Gasteiger partial charge in [-0.2, -0.15) is 11.3 Å². The van der Waals surface area contributed by atoms with Gasteiger partial charge in [0, 0.05) is 17.6 Å². The van der Waals surface area contributed by atoms with Gasteiger partial charge in [-0.3, -0.25) is 9.36 Å². The Balaban J connectivity index is 2.61. The topological polar surface area (TPSA) is 59.3 Å². The lowest BCUT2D eigenvalue weighted by Crippen LogP contribution is -2.17. The van der Waals surface area contributed by atoms with E-state index >= 15 is 0 Å². The van der Waals surface area contributed by atoms with Crippen LogP contribution in [0.3, 0.4) is 0 Å². The zero-order valence-corrected chi connectivity index (χ0v) is 8.40. The second-order valence-corrected chi connectivity index (χ2v) is 3.69. The van der Waals surface area contributed by atoms with E-state index in [2.05, 4.69) is 0 Å². The Morgan fingerprint density at radius 3 is 2.73 bits per heavy atom. The van der Waals surface area contributed by atoms with E-state index in [0.717, 1.165) is 0 Å². The van der Waals surface area contributed by atoms with Gasteiger partial charge in [-0.25, -0.2) is 4.79 Å². The van der Waals surface area contributed by atoms with Crippen molar-refractivity contribution >= 4 is 17.3 Å². The summed E-state index contributed by atoms with van der Waals surface area (Å²) in [6.07, 6.45) is 1.33. The highest BCUT2D eigenvalue weighted by Crippen LogP contribution is 2.10. The molecule has 0 bridgehead atoms. The van der Waals surface area contributed by atoms with Crippen molar-refractivity contribution < 1.29 is 9.90 Å². The van der Waals surface area contributed by atoms with Crippen LogP contribution >= 0.6 is 11.3 Å². The van der Waals surface area contributed by atoms with Gasteiger partial charge in [0.05, 0.1) is 11.3 Å². The van der Waals surface area contributed by atoms with Gasteiger partial charge in [0.1, 0.15) is 0 Å². The van der Waals surface area contributed by atoms with Gasteiger partial charge >= 0.3 is 5.97 Å². The van der Waals surface area contributed by atoms with Crippen LogP contribution in [0.4, 0.5) is 0 Å². The standard InChI is InChI=1S/C10H7NO3S/c12-9-2-1-7(10(13)14)5-11(9)8-3-4-15-6-8/h1-6H,(H,13,14).